The van der Waals surface area contributed by atoms with Crippen LogP contribution in [0.4, 0.5) is 5.69 Å². The molecule has 0 saturated carbocycles. The smallest absolute Gasteiger partial charge is 0.269 e. The van der Waals surface area contributed by atoms with E-state index in [-0.39, 0.29) is 22.9 Å². The maximum absolute atomic E-state index is 11.0. The summed E-state index contributed by atoms with van der Waals surface area (Å²) in [4.78, 5) is 14.8. The van der Waals surface area contributed by atoms with Crippen molar-refractivity contribution in [2.45, 2.75) is 30.7 Å². The van der Waals surface area contributed by atoms with Crippen LogP contribution in [0, 0.1) is 21.4 Å². The Morgan fingerprint density at radius 3 is 2.27 bits per heavy atom. The second kappa shape index (κ2) is 10.9. The fourth-order valence-electron chi connectivity index (χ4n) is 3.92. The SMILES string of the molecule is COc1nc(-c2ccc([N+](=O)[O-])cc2)cc(-c2ccc(OC3OC(CO)C(O)C(O)C3O)cc2)c1C#N. The van der Waals surface area contributed by atoms with Crippen LogP contribution in [0.15, 0.2) is 54.6 Å². The normalized spacial score (nSPS) is 23.2. The van der Waals surface area contributed by atoms with Gasteiger partial charge in [-0.15, -0.1) is 0 Å². The van der Waals surface area contributed by atoms with Crippen molar-refractivity contribution in [2.75, 3.05) is 13.7 Å². The molecule has 37 heavy (non-hydrogen) atoms. The van der Waals surface area contributed by atoms with Gasteiger partial charge in [-0.2, -0.15) is 5.26 Å². The molecule has 1 aliphatic heterocycles. The number of aromatic nitrogens is 1. The number of aliphatic hydroxyl groups is 4. The zero-order valence-electron chi connectivity index (χ0n) is 19.5. The van der Waals surface area contributed by atoms with Gasteiger partial charge in [-0.05, 0) is 35.9 Å². The van der Waals surface area contributed by atoms with Gasteiger partial charge in [0.15, 0.2) is 0 Å². The second-order valence-electron chi connectivity index (χ2n) is 8.19. The zero-order valence-corrected chi connectivity index (χ0v) is 19.5. The third-order valence-electron chi connectivity index (χ3n) is 5.93. The van der Waals surface area contributed by atoms with E-state index >= 15 is 0 Å². The molecule has 2 heterocycles. The Kier molecular flexibility index (Phi) is 7.63. The number of hydrogen-bond donors (Lipinski definition) is 4. The predicted molar refractivity (Wildman–Crippen MR) is 127 cm³/mol. The van der Waals surface area contributed by atoms with Gasteiger partial charge < -0.3 is 34.6 Å². The van der Waals surface area contributed by atoms with Gasteiger partial charge in [0.25, 0.3) is 5.69 Å². The van der Waals surface area contributed by atoms with E-state index < -0.39 is 42.2 Å². The van der Waals surface area contributed by atoms with Crippen molar-refractivity contribution >= 4 is 5.69 Å². The number of nitro groups is 1. The van der Waals surface area contributed by atoms with Gasteiger partial charge in [0.1, 0.15) is 41.8 Å². The molecule has 1 aliphatic rings. The Morgan fingerprint density at radius 2 is 1.70 bits per heavy atom. The van der Waals surface area contributed by atoms with E-state index in [2.05, 4.69) is 11.1 Å². The van der Waals surface area contributed by atoms with Gasteiger partial charge in [-0.1, -0.05) is 12.1 Å². The summed E-state index contributed by atoms with van der Waals surface area (Å²) in [6, 6.07) is 16.0. The molecule has 1 fully saturated rings. The van der Waals surface area contributed by atoms with Crippen LogP contribution in [-0.2, 0) is 4.74 Å². The third-order valence-corrected chi connectivity index (χ3v) is 5.93. The topological polar surface area (TPSA) is 188 Å². The van der Waals surface area contributed by atoms with Crippen LogP contribution in [-0.4, -0.2) is 74.8 Å². The molecule has 4 rings (SSSR count). The Bertz CT molecular complexity index is 1310. The van der Waals surface area contributed by atoms with E-state index in [1.54, 1.807) is 42.5 Å². The van der Waals surface area contributed by atoms with Crippen LogP contribution in [0.3, 0.4) is 0 Å². The summed E-state index contributed by atoms with van der Waals surface area (Å²) in [7, 11) is 1.38. The van der Waals surface area contributed by atoms with Crippen molar-refractivity contribution in [3.63, 3.8) is 0 Å². The first-order valence-corrected chi connectivity index (χ1v) is 11.1. The number of methoxy groups -OCH3 is 1. The summed E-state index contributed by atoms with van der Waals surface area (Å²) < 4.78 is 16.3. The van der Waals surface area contributed by atoms with Gasteiger partial charge in [0, 0.05) is 23.3 Å². The lowest BCUT2D eigenvalue weighted by atomic mass is 9.98. The van der Waals surface area contributed by atoms with Crippen molar-refractivity contribution in [3.8, 4) is 40.1 Å². The van der Waals surface area contributed by atoms with Crippen molar-refractivity contribution in [3.05, 3.63) is 70.3 Å². The molecule has 0 spiro atoms. The molecule has 5 atom stereocenters. The summed E-state index contributed by atoms with van der Waals surface area (Å²) in [5, 5.41) is 60.1. The molecule has 0 amide bonds. The summed E-state index contributed by atoms with van der Waals surface area (Å²) in [5.74, 6) is 0.332. The maximum atomic E-state index is 11.0. The Hall–Kier alpha value is -4.12. The van der Waals surface area contributed by atoms with Gasteiger partial charge in [0.2, 0.25) is 12.2 Å². The summed E-state index contributed by atoms with van der Waals surface area (Å²) >= 11 is 0. The predicted octanol–water partition coefficient (Wildman–Crippen LogP) is 1.38. The molecule has 1 saturated heterocycles. The summed E-state index contributed by atoms with van der Waals surface area (Å²) in [6.45, 7) is -0.582. The number of benzene rings is 2. The first-order chi connectivity index (χ1) is 17.8. The van der Waals surface area contributed by atoms with E-state index in [9.17, 15) is 35.8 Å². The van der Waals surface area contributed by atoms with Crippen LogP contribution in [0.2, 0.25) is 0 Å². The lowest BCUT2D eigenvalue weighted by molar-refractivity contribution is -0.384. The number of nitriles is 1. The molecular formula is C25H23N3O9. The zero-order chi connectivity index (χ0) is 26.7. The van der Waals surface area contributed by atoms with E-state index in [0.29, 0.717) is 22.4 Å². The van der Waals surface area contributed by atoms with E-state index in [4.69, 9.17) is 14.2 Å². The molecule has 0 bridgehead atoms. The first-order valence-electron chi connectivity index (χ1n) is 11.1. The molecule has 1 aromatic heterocycles. The average molecular weight is 509 g/mol. The highest BCUT2D eigenvalue weighted by Crippen LogP contribution is 2.35. The van der Waals surface area contributed by atoms with Crippen molar-refractivity contribution in [2.24, 2.45) is 0 Å². The van der Waals surface area contributed by atoms with E-state index in [0.717, 1.165) is 0 Å². The molecular weight excluding hydrogens is 486 g/mol. The standard InChI is InChI=1S/C25H23N3O9/c1-35-24-18(11-26)17(10-19(27-24)14-2-6-15(7-3-14)28(33)34)13-4-8-16(9-5-13)36-25-23(32)22(31)21(30)20(12-29)37-25/h2-10,20-23,25,29-32H,12H2,1H3. The van der Waals surface area contributed by atoms with Crippen LogP contribution in [0.1, 0.15) is 5.56 Å². The fourth-order valence-corrected chi connectivity index (χ4v) is 3.92. The molecule has 2 aromatic carbocycles. The summed E-state index contributed by atoms with van der Waals surface area (Å²) in [5.41, 5.74) is 2.21. The monoisotopic (exact) mass is 509 g/mol. The molecule has 12 nitrogen and oxygen atoms in total. The molecule has 192 valence electrons. The number of ether oxygens (including phenoxy) is 3. The van der Waals surface area contributed by atoms with Gasteiger partial charge in [-0.25, -0.2) is 4.98 Å². The fraction of sp³-hybridized carbons (Fsp3) is 0.280. The molecule has 0 aliphatic carbocycles. The first kappa shape index (κ1) is 26.0. The van der Waals surface area contributed by atoms with Crippen LogP contribution in [0.25, 0.3) is 22.4 Å². The van der Waals surface area contributed by atoms with Crippen molar-refractivity contribution in [1.29, 1.82) is 5.26 Å². The highest BCUT2D eigenvalue weighted by atomic mass is 16.7. The minimum absolute atomic E-state index is 0.0698. The third kappa shape index (κ3) is 5.21. The number of rotatable bonds is 7. The van der Waals surface area contributed by atoms with Crippen LogP contribution >= 0.6 is 0 Å². The van der Waals surface area contributed by atoms with Gasteiger partial charge >= 0.3 is 0 Å². The molecule has 4 N–H and O–H groups in total. The number of pyridine rings is 1. The number of non-ortho nitro benzene ring substituents is 1. The minimum atomic E-state index is -1.57. The quantitative estimate of drug-likeness (QED) is 0.266. The van der Waals surface area contributed by atoms with Crippen molar-refractivity contribution < 1.29 is 39.6 Å². The maximum Gasteiger partial charge on any atom is 0.269 e. The molecule has 5 unspecified atom stereocenters. The highest BCUT2D eigenvalue weighted by Gasteiger charge is 2.44. The largest absolute Gasteiger partial charge is 0.480 e. The van der Waals surface area contributed by atoms with Crippen molar-refractivity contribution in [1.82, 2.24) is 4.98 Å². The number of hydrogen-bond acceptors (Lipinski definition) is 11. The average Bonchev–Trinajstić information content (AvgIpc) is 2.93. The Labute approximate surface area is 210 Å². The molecule has 0 radical (unpaired) electrons. The number of aliphatic hydroxyl groups excluding tert-OH is 4. The van der Waals surface area contributed by atoms with Crippen LogP contribution in [0.5, 0.6) is 11.6 Å². The lowest BCUT2D eigenvalue weighted by Gasteiger charge is -2.39. The minimum Gasteiger partial charge on any atom is -0.480 e. The number of nitro benzene ring substituents is 1. The second-order valence-corrected chi connectivity index (χ2v) is 8.19. The Balaban J connectivity index is 1.64. The Morgan fingerprint density at radius 1 is 1.05 bits per heavy atom. The highest BCUT2D eigenvalue weighted by molar-refractivity contribution is 5.78. The molecule has 12 heteroatoms. The van der Waals surface area contributed by atoms with Crippen LogP contribution < -0.4 is 9.47 Å². The summed E-state index contributed by atoms with van der Waals surface area (Å²) in [6.07, 6.45) is -7.08. The van der Waals surface area contributed by atoms with Gasteiger partial charge in [0.05, 0.1) is 24.3 Å². The van der Waals surface area contributed by atoms with E-state index in [1.165, 1.54) is 19.2 Å². The lowest BCUT2D eigenvalue weighted by Crippen LogP contribution is -2.60. The molecule has 3 aromatic rings. The van der Waals surface area contributed by atoms with Gasteiger partial charge in [-0.3, -0.25) is 10.1 Å². The van der Waals surface area contributed by atoms with E-state index in [1.807, 2.05) is 0 Å². The number of nitrogens with zero attached hydrogens (tertiary/aromatic N) is 3.